The fourth-order valence-corrected chi connectivity index (χ4v) is 0. The van der Waals surface area contributed by atoms with E-state index in [0.29, 0.717) is 0 Å². The summed E-state index contributed by atoms with van der Waals surface area (Å²) in [6, 6.07) is 0. The van der Waals surface area contributed by atoms with E-state index in [9.17, 15) is 0 Å². The molecular weight excluding hydrogens is 175 g/mol. The molecule has 0 aromatic carbocycles. The molecule has 0 saturated carbocycles. The molecule has 0 aliphatic rings. The van der Waals surface area contributed by atoms with Crippen LogP contribution in [0.5, 0.6) is 0 Å². The molecule has 0 aromatic heterocycles. The van der Waals surface area contributed by atoms with Crippen molar-refractivity contribution in [1.82, 2.24) is 0 Å². The zero-order chi connectivity index (χ0) is 8.08. The maximum atomic E-state index is 8.56. The summed E-state index contributed by atoms with van der Waals surface area (Å²) in [4.78, 5) is 37.9. The van der Waals surface area contributed by atoms with Gasteiger partial charge in [-0.15, -0.1) is 0 Å². The quantitative estimate of drug-likeness (QED) is 0.219. The summed E-state index contributed by atoms with van der Waals surface area (Å²) in [5, 5.41) is 13.9. The summed E-state index contributed by atoms with van der Waals surface area (Å²) in [6.07, 6.45) is -1.83. The second-order valence-corrected chi connectivity index (χ2v) is 2.08. The van der Waals surface area contributed by atoms with E-state index >= 15 is 0 Å². The van der Waals surface area contributed by atoms with E-state index in [0.717, 1.165) is 0 Å². The fourth-order valence-electron chi connectivity index (χ4n) is 0. The molecule has 7 nitrogen and oxygen atoms in total. The van der Waals surface area contributed by atoms with Crippen molar-refractivity contribution in [3.63, 3.8) is 0 Å². The Hall–Kier alpha value is 0.327. The summed E-state index contributed by atoms with van der Waals surface area (Å²) >= 11 is 0. The average Bonchev–Trinajstić information content (AvgIpc) is 1.19. The van der Waals surface area contributed by atoms with Gasteiger partial charge in [0, 0.05) is 0 Å². The maximum absolute atomic E-state index is 8.56. The van der Waals surface area contributed by atoms with Gasteiger partial charge in [-0.1, -0.05) is 0 Å². The molecule has 10 heavy (non-hydrogen) atoms. The Labute approximate surface area is 79.0 Å². The zero-order valence-electron chi connectivity index (χ0n) is 4.09. The number of carboxylic acid groups (broad SMARTS) is 2. The molecule has 0 unspecified atom stereocenters. The second kappa shape index (κ2) is 7.43. The molecule has 0 atom stereocenters. The Bertz CT molecular complexity index is 76.1. The molecule has 6 N–H and O–H groups in total. The summed E-state index contributed by atoms with van der Waals surface area (Å²) in [5.74, 6) is 0. The number of carbonyl (C=O) groups is 1. The molecule has 58 valence electrons. The van der Waals surface area contributed by atoms with Crippen LogP contribution in [0.15, 0.2) is 0 Å². The first kappa shape index (κ1) is 16.7. The van der Waals surface area contributed by atoms with E-state index in [1.54, 1.807) is 0 Å². The van der Waals surface area contributed by atoms with E-state index in [4.69, 9.17) is 34.2 Å². The van der Waals surface area contributed by atoms with Crippen LogP contribution < -0.4 is 0 Å². The van der Waals surface area contributed by atoms with Gasteiger partial charge in [-0.05, 0) is 0 Å². The van der Waals surface area contributed by atoms with Crippen molar-refractivity contribution in [3.05, 3.63) is 0 Å². The summed E-state index contributed by atoms with van der Waals surface area (Å²) < 4.78 is 0. The standard InChI is InChI=1S/CH2O3.Na.H4O4Si.H/c2-1(3)4;;1-5(2,3)4;/h(H2,2,3,4);;1-4H;. The number of hydrogen-bond donors (Lipinski definition) is 6. The van der Waals surface area contributed by atoms with Crippen molar-refractivity contribution >= 4 is 44.8 Å². The first-order valence-corrected chi connectivity index (χ1v) is 3.33. The van der Waals surface area contributed by atoms with Gasteiger partial charge in [0.1, 0.15) is 0 Å². The zero-order valence-corrected chi connectivity index (χ0v) is 5.09. The van der Waals surface area contributed by atoms with Crippen LogP contribution in [-0.4, -0.2) is 74.2 Å². The van der Waals surface area contributed by atoms with E-state index < -0.39 is 15.2 Å². The SMILES string of the molecule is O=C(O)O.O[Si](O)(O)O.[NaH]. The van der Waals surface area contributed by atoms with Crippen LogP contribution in [0.25, 0.3) is 0 Å². The van der Waals surface area contributed by atoms with E-state index in [1.807, 2.05) is 0 Å². The topological polar surface area (TPSA) is 138 Å². The number of hydrogen-bond acceptors (Lipinski definition) is 5. The first-order chi connectivity index (χ1) is 3.73. The Kier molecular flexibility index (Phi) is 12.4. The van der Waals surface area contributed by atoms with E-state index in [1.165, 1.54) is 0 Å². The van der Waals surface area contributed by atoms with Crippen molar-refractivity contribution < 1.29 is 34.2 Å². The molecule has 0 fully saturated rings. The third-order valence-corrected chi connectivity index (χ3v) is 0. The molecular formula is CH7NaO7Si. The van der Waals surface area contributed by atoms with E-state index in [2.05, 4.69) is 0 Å². The van der Waals surface area contributed by atoms with Gasteiger partial charge >= 0.3 is 44.8 Å². The summed E-state index contributed by atoms with van der Waals surface area (Å²) in [6.45, 7) is 0. The minimum atomic E-state index is -4.61. The van der Waals surface area contributed by atoms with Crippen LogP contribution >= 0.6 is 0 Å². The molecule has 0 aromatic rings. The summed E-state index contributed by atoms with van der Waals surface area (Å²) in [7, 11) is -4.61. The van der Waals surface area contributed by atoms with Gasteiger partial charge in [0.05, 0.1) is 0 Å². The molecule has 0 heterocycles. The Morgan fingerprint density at radius 2 is 1.00 bits per heavy atom. The Morgan fingerprint density at radius 1 is 1.00 bits per heavy atom. The molecule has 0 aliphatic heterocycles. The van der Waals surface area contributed by atoms with Gasteiger partial charge in [-0.2, -0.15) is 0 Å². The predicted octanol–water partition coefficient (Wildman–Crippen LogP) is -3.03. The molecule has 9 heteroatoms. The third-order valence-electron chi connectivity index (χ3n) is 0. The first-order valence-electron chi connectivity index (χ1n) is 1.55. The molecule has 0 aliphatic carbocycles. The van der Waals surface area contributed by atoms with Gasteiger partial charge in [0.2, 0.25) is 0 Å². The van der Waals surface area contributed by atoms with Crippen LogP contribution in [0.3, 0.4) is 0 Å². The van der Waals surface area contributed by atoms with Crippen LogP contribution in [0, 0.1) is 0 Å². The van der Waals surface area contributed by atoms with Crippen molar-refractivity contribution in [2.75, 3.05) is 0 Å². The van der Waals surface area contributed by atoms with Crippen LogP contribution in [0.2, 0.25) is 0 Å². The molecule has 0 rings (SSSR count). The van der Waals surface area contributed by atoms with Crippen molar-refractivity contribution in [1.29, 1.82) is 0 Å². The van der Waals surface area contributed by atoms with Gasteiger partial charge in [0.25, 0.3) is 0 Å². The average molecular weight is 182 g/mol. The predicted molar refractivity (Wildman–Crippen MR) is 32.4 cm³/mol. The number of rotatable bonds is 0. The van der Waals surface area contributed by atoms with Crippen LogP contribution in [0.1, 0.15) is 0 Å². The van der Waals surface area contributed by atoms with Crippen molar-refractivity contribution in [3.8, 4) is 0 Å². The van der Waals surface area contributed by atoms with Crippen LogP contribution in [0.4, 0.5) is 4.79 Å². The summed E-state index contributed by atoms with van der Waals surface area (Å²) in [5.41, 5.74) is 0. The minimum absolute atomic E-state index is 0. The fraction of sp³-hybridized carbons (Fsp3) is 0. The molecule has 0 saturated heterocycles. The van der Waals surface area contributed by atoms with E-state index in [-0.39, 0.29) is 29.6 Å². The monoisotopic (exact) mass is 182 g/mol. The Morgan fingerprint density at radius 3 is 1.00 bits per heavy atom. The van der Waals surface area contributed by atoms with Gasteiger partial charge in [-0.3, -0.25) is 0 Å². The second-order valence-electron chi connectivity index (χ2n) is 0.883. The van der Waals surface area contributed by atoms with Crippen molar-refractivity contribution in [2.24, 2.45) is 0 Å². The van der Waals surface area contributed by atoms with Gasteiger partial charge in [-0.25, -0.2) is 4.79 Å². The third kappa shape index (κ3) is 4180. The van der Waals surface area contributed by atoms with Crippen LogP contribution in [-0.2, 0) is 0 Å². The Balaban J connectivity index is -0.0000000910. The van der Waals surface area contributed by atoms with Gasteiger partial charge in [0.15, 0.2) is 0 Å². The van der Waals surface area contributed by atoms with Gasteiger partial charge < -0.3 is 29.4 Å². The molecule has 0 spiro atoms. The van der Waals surface area contributed by atoms with Crippen molar-refractivity contribution in [2.45, 2.75) is 0 Å². The normalized spacial score (nSPS) is 8.40. The molecule has 0 radical (unpaired) electrons. The molecule has 0 amide bonds. The molecule has 0 bridgehead atoms.